The van der Waals surface area contributed by atoms with Crippen molar-refractivity contribution in [2.24, 2.45) is 5.92 Å². The van der Waals surface area contributed by atoms with Gasteiger partial charge in [0.2, 0.25) is 5.91 Å². The van der Waals surface area contributed by atoms with Crippen molar-refractivity contribution in [3.05, 3.63) is 35.1 Å². The van der Waals surface area contributed by atoms with Crippen LogP contribution in [0.4, 0.5) is 4.39 Å². The van der Waals surface area contributed by atoms with E-state index >= 15 is 0 Å². The number of carboxylic acid groups (broad SMARTS) is 1. The molecule has 2 amide bonds. The Labute approximate surface area is 199 Å². The van der Waals surface area contributed by atoms with Crippen LogP contribution >= 0.6 is 0 Å². The molecule has 1 atom stereocenters. The van der Waals surface area contributed by atoms with Gasteiger partial charge in [-0.05, 0) is 38.8 Å². The quantitative estimate of drug-likeness (QED) is 0.389. The average molecular weight is 476 g/mol. The number of nitrogens with zero attached hydrogens (tertiary/aromatic N) is 3. The predicted molar refractivity (Wildman–Crippen MR) is 125 cm³/mol. The second kappa shape index (κ2) is 10.5. The lowest BCUT2D eigenvalue weighted by Crippen LogP contribution is -2.57. The number of amides is 2. The second-order valence-corrected chi connectivity index (χ2v) is 9.52. The van der Waals surface area contributed by atoms with Gasteiger partial charge in [-0.25, -0.2) is 4.39 Å². The molecule has 3 rings (SSSR count). The second-order valence-electron chi connectivity index (χ2n) is 9.52. The molecule has 2 aliphatic rings. The Morgan fingerprint density at radius 1 is 1.12 bits per heavy atom. The third-order valence-corrected chi connectivity index (χ3v) is 6.72. The molecular formula is C24H34FN5O4. The monoisotopic (exact) mass is 475 g/mol. The molecule has 0 bridgehead atoms. The molecule has 3 N–H and O–H groups in total. The SMILES string of the molecule is CCC(C(=O)N1CCN(CC(=O)O)CC1)C(C)(C)NC(=O)c1ccc(C(=N)N2CCC2)cc1F. The smallest absolute Gasteiger partial charge is 0.317 e. The molecule has 9 nitrogen and oxygen atoms in total. The molecule has 0 spiro atoms. The Morgan fingerprint density at radius 3 is 2.26 bits per heavy atom. The number of halogens is 1. The molecule has 1 aromatic rings. The van der Waals surface area contributed by atoms with Crippen molar-refractivity contribution in [1.82, 2.24) is 20.0 Å². The van der Waals surface area contributed by atoms with Crippen LogP contribution in [0, 0.1) is 17.1 Å². The summed E-state index contributed by atoms with van der Waals surface area (Å²) in [6, 6.07) is 4.17. The molecule has 0 saturated carbocycles. The highest BCUT2D eigenvalue weighted by atomic mass is 19.1. The summed E-state index contributed by atoms with van der Waals surface area (Å²) in [4.78, 5) is 42.4. The number of likely N-dealkylation sites (tertiary alicyclic amines) is 1. The van der Waals surface area contributed by atoms with E-state index in [1.54, 1.807) is 29.7 Å². The van der Waals surface area contributed by atoms with Crippen molar-refractivity contribution >= 4 is 23.6 Å². The first kappa shape index (κ1) is 25.6. The number of amidine groups is 1. The normalized spacial score (nSPS) is 17.6. The van der Waals surface area contributed by atoms with E-state index in [-0.39, 0.29) is 23.9 Å². The molecule has 0 radical (unpaired) electrons. The predicted octanol–water partition coefficient (Wildman–Crippen LogP) is 1.62. The summed E-state index contributed by atoms with van der Waals surface area (Å²) >= 11 is 0. The number of aliphatic carboxylic acids is 1. The van der Waals surface area contributed by atoms with Gasteiger partial charge >= 0.3 is 5.97 Å². The van der Waals surface area contributed by atoms with Crippen molar-refractivity contribution in [2.45, 2.75) is 39.2 Å². The summed E-state index contributed by atoms with van der Waals surface area (Å²) in [5.41, 5.74) is -0.634. The van der Waals surface area contributed by atoms with Crippen LogP contribution in [-0.2, 0) is 9.59 Å². The van der Waals surface area contributed by atoms with Gasteiger partial charge in [-0.3, -0.25) is 24.7 Å². The molecule has 1 unspecified atom stereocenters. The molecule has 2 heterocycles. The first-order valence-corrected chi connectivity index (χ1v) is 11.7. The fourth-order valence-corrected chi connectivity index (χ4v) is 4.55. The van der Waals surface area contributed by atoms with E-state index in [9.17, 15) is 18.8 Å². The maximum atomic E-state index is 14.8. The van der Waals surface area contributed by atoms with Gasteiger partial charge in [-0.15, -0.1) is 0 Å². The Kier molecular flexibility index (Phi) is 7.91. The van der Waals surface area contributed by atoms with E-state index in [1.165, 1.54) is 12.1 Å². The summed E-state index contributed by atoms with van der Waals surface area (Å²) in [6.07, 6.45) is 1.49. The van der Waals surface area contributed by atoms with E-state index in [0.29, 0.717) is 38.2 Å². The van der Waals surface area contributed by atoms with Crippen LogP contribution in [-0.4, -0.2) is 94.8 Å². The summed E-state index contributed by atoms with van der Waals surface area (Å²) in [6.45, 7) is 8.67. The highest BCUT2D eigenvalue weighted by Crippen LogP contribution is 2.25. The number of nitrogens with one attached hydrogen (secondary N) is 2. The number of hydrogen-bond acceptors (Lipinski definition) is 5. The van der Waals surface area contributed by atoms with Gasteiger partial charge in [0.1, 0.15) is 11.7 Å². The van der Waals surface area contributed by atoms with Gasteiger partial charge in [0.05, 0.1) is 18.0 Å². The largest absolute Gasteiger partial charge is 0.480 e. The van der Waals surface area contributed by atoms with E-state index < -0.39 is 29.2 Å². The van der Waals surface area contributed by atoms with Crippen molar-refractivity contribution in [3.8, 4) is 0 Å². The van der Waals surface area contributed by atoms with E-state index in [4.69, 9.17) is 10.5 Å². The summed E-state index contributed by atoms with van der Waals surface area (Å²) in [5.74, 6) is -2.59. The standard InChI is InChI=1S/C24H34FN5O4/c1-4-18(23(34)30-12-10-28(11-13-30)15-20(31)32)24(2,3)27-22(33)17-7-6-16(14-19(17)25)21(26)29-8-5-9-29/h6-7,14,18,26H,4-5,8-13,15H2,1-3H3,(H,27,33)(H,31,32). The van der Waals surface area contributed by atoms with Crippen LogP contribution in [0.5, 0.6) is 0 Å². The Morgan fingerprint density at radius 2 is 1.76 bits per heavy atom. The van der Waals surface area contributed by atoms with Crippen LogP contribution in [0.1, 0.15) is 49.5 Å². The fraction of sp³-hybridized carbons (Fsp3) is 0.583. The minimum atomic E-state index is -0.934. The van der Waals surface area contributed by atoms with Crippen LogP contribution in [0.15, 0.2) is 18.2 Å². The first-order chi connectivity index (χ1) is 16.0. The number of rotatable bonds is 8. The van der Waals surface area contributed by atoms with Crippen LogP contribution in [0.2, 0.25) is 0 Å². The molecule has 0 aliphatic carbocycles. The lowest BCUT2D eigenvalue weighted by molar-refractivity contribution is -0.141. The molecule has 2 fully saturated rings. The lowest BCUT2D eigenvalue weighted by atomic mass is 9.83. The van der Waals surface area contributed by atoms with E-state index in [1.807, 2.05) is 11.8 Å². The molecule has 34 heavy (non-hydrogen) atoms. The highest BCUT2D eigenvalue weighted by molar-refractivity contribution is 5.99. The van der Waals surface area contributed by atoms with Crippen molar-refractivity contribution in [2.75, 3.05) is 45.8 Å². The molecule has 10 heteroatoms. The van der Waals surface area contributed by atoms with Crippen molar-refractivity contribution in [1.29, 1.82) is 5.41 Å². The summed E-state index contributed by atoms with van der Waals surface area (Å²) in [7, 11) is 0. The van der Waals surface area contributed by atoms with Crippen molar-refractivity contribution in [3.63, 3.8) is 0 Å². The van der Waals surface area contributed by atoms with Gasteiger partial charge in [-0.2, -0.15) is 0 Å². The first-order valence-electron chi connectivity index (χ1n) is 11.7. The number of benzene rings is 1. The van der Waals surface area contributed by atoms with Gasteiger partial charge in [0, 0.05) is 50.4 Å². The Hall–Kier alpha value is -3.01. The lowest BCUT2D eigenvalue weighted by Gasteiger charge is -2.40. The number of piperazine rings is 1. The van der Waals surface area contributed by atoms with Crippen LogP contribution in [0.3, 0.4) is 0 Å². The number of carboxylic acids is 1. The molecule has 2 saturated heterocycles. The number of hydrogen-bond donors (Lipinski definition) is 3. The Bertz CT molecular complexity index is 955. The third kappa shape index (κ3) is 5.72. The summed E-state index contributed by atoms with van der Waals surface area (Å²) < 4.78 is 14.8. The zero-order valence-corrected chi connectivity index (χ0v) is 20.1. The van der Waals surface area contributed by atoms with Gasteiger partial charge in [-0.1, -0.05) is 13.0 Å². The maximum absolute atomic E-state index is 14.8. The topological polar surface area (TPSA) is 117 Å². The fourth-order valence-electron chi connectivity index (χ4n) is 4.55. The van der Waals surface area contributed by atoms with Crippen molar-refractivity contribution < 1.29 is 23.9 Å². The molecule has 0 aromatic heterocycles. The highest BCUT2D eigenvalue weighted by Gasteiger charge is 2.39. The maximum Gasteiger partial charge on any atom is 0.317 e. The number of carbonyl (C=O) groups is 3. The zero-order chi connectivity index (χ0) is 25.0. The Balaban J connectivity index is 1.65. The minimum Gasteiger partial charge on any atom is -0.480 e. The molecule has 2 aliphatic heterocycles. The zero-order valence-electron chi connectivity index (χ0n) is 20.1. The molecule has 1 aromatic carbocycles. The van der Waals surface area contributed by atoms with Gasteiger partial charge < -0.3 is 20.2 Å². The molecular weight excluding hydrogens is 441 g/mol. The van der Waals surface area contributed by atoms with Gasteiger partial charge in [0.25, 0.3) is 5.91 Å². The van der Waals surface area contributed by atoms with Crippen LogP contribution in [0.25, 0.3) is 0 Å². The van der Waals surface area contributed by atoms with Crippen LogP contribution < -0.4 is 5.32 Å². The number of carbonyl (C=O) groups excluding carboxylic acids is 2. The average Bonchev–Trinajstić information content (AvgIpc) is 2.72. The third-order valence-electron chi connectivity index (χ3n) is 6.72. The van der Waals surface area contributed by atoms with E-state index in [2.05, 4.69) is 5.32 Å². The van der Waals surface area contributed by atoms with E-state index in [0.717, 1.165) is 19.5 Å². The summed E-state index contributed by atoms with van der Waals surface area (Å²) in [5, 5.41) is 19.9. The molecule has 186 valence electrons. The van der Waals surface area contributed by atoms with Gasteiger partial charge in [0.15, 0.2) is 0 Å². The minimum absolute atomic E-state index is 0.0529.